The van der Waals surface area contributed by atoms with Crippen LogP contribution in [0.15, 0.2) is 84.0 Å². The molecule has 4 nitrogen and oxygen atoms in total. The fourth-order valence-corrected chi connectivity index (χ4v) is 1.95. The molecule has 0 fully saturated rings. The number of hydrazone groups is 1. The number of hydrogen-bond acceptors (Lipinski definition) is 3. The summed E-state index contributed by atoms with van der Waals surface area (Å²) in [4.78, 5) is 11.9. The van der Waals surface area contributed by atoms with E-state index >= 15 is 0 Å². The van der Waals surface area contributed by atoms with Gasteiger partial charge in [-0.2, -0.15) is 5.10 Å². The van der Waals surface area contributed by atoms with Gasteiger partial charge in [0.15, 0.2) is 6.10 Å². The molecule has 0 aliphatic carbocycles. The number of hydrogen-bond donors (Lipinski definition) is 2. The Kier molecular flexibility index (Phi) is 6.68. The third-order valence-corrected chi connectivity index (χ3v) is 3.24. The van der Waals surface area contributed by atoms with Crippen molar-refractivity contribution in [3.63, 3.8) is 0 Å². The highest BCUT2D eigenvalue weighted by Gasteiger charge is 2.15. The number of rotatable bonds is 6. The molecule has 122 valence electrons. The normalized spacial score (nSPS) is 13.3. The van der Waals surface area contributed by atoms with Gasteiger partial charge in [0.05, 0.1) is 5.71 Å². The second-order valence-electron chi connectivity index (χ2n) is 5.17. The minimum absolute atomic E-state index is 0.532. The van der Waals surface area contributed by atoms with Gasteiger partial charge in [0.1, 0.15) is 0 Å². The molecule has 2 aromatic carbocycles. The summed E-state index contributed by atoms with van der Waals surface area (Å²) in [5.41, 5.74) is 4.63. The molecule has 2 aromatic rings. The predicted molar refractivity (Wildman–Crippen MR) is 97.3 cm³/mol. The van der Waals surface area contributed by atoms with E-state index in [2.05, 4.69) is 10.5 Å². The summed E-state index contributed by atoms with van der Waals surface area (Å²) in [5, 5.41) is 13.9. The summed E-state index contributed by atoms with van der Waals surface area (Å²) in [6.45, 7) is 1.77. The second kappa shape index (κ2) is 9.22. The minimum atomic E-state index is -1.23. The van der Waals surface area contributed by atoms with Gasteiger partial charge in [-0.05, 0) is 24.1 Å². The van der Waals surface area contributed by atoms with E-state index in [-0.39, 0.29) is 0 Å². The number of allylic oxidation sites excluding steroid dienone is 3. The van der Waals surface area contributed by atoms with E-state index < -0.39 is 12.0 Å². The molecule has 0 radical (unpaired) electrons. The van der Waals surface area contributed by atoms with Crippen molar-refractivity contribution in [2.45, 2.75) is 13.0 Å². The Hall–Kier alpha value is -2.98. The summed E-state index contributed by atoms with van der Waals surface area (Å²) in [6, 6.07) is 18.7. The SMILES string of the molecule is CC(C=CC=Cc1ccccc1)=NNC(=O)C(O)c1ccccc1. The molecule has 2 rings (SSSR count). The molecule has 4 heteroatoms. The monoisotopic (exact) mass is 320 g/mol. The Balaban J connectivity index is 1.86. The number of carbonyl (C=O) groups is 1. The van der Waals surface area contributed by atoms with Crippen LogP contribution in [-0.4, -0.2) is 16.7 Å². The standard InChI is InChI=1S/C20H20N2O2/c1-16(10-8-9-13-17-11-4-2-5-12-17)21-22-20(24)19(23)18-14-6-3-7-15-18/h2-15,19,23H,1H3,(H,22,24). The lowest BCUT2D eigenvalue weighted by Gasteiger charge is -2.08. The van der Waals surface area contributed by atoms with Crippen molar-refractivity contribution in [1.29, 1.82) is 0 Å². The fourth-order valence-electron chi connectivity index (χ4n) is 1.95. The first kappa shape index (κ1) is 17.4. The van der Waals surface area contributed by atoms with Crippen molar-refractivity contribution >= 4 is 17.7 Å². The van der Waals surface area contributed by atoms with Crippen LogP contribution in [0.25, 0.3) is 6.08 Å². The first-order valence-corrected chi connectivity index (χ1v) is 7.64. The number of amides is 1. The van der Waals surface area contributed by atoms with Crippen LogP contribution >= 0.6 is 0 Å². The number of aliphatic hydroxyl groups excluding tert-OH is 1. The van der Waals surface area contributed by atoms with Gasteiger partial charge < -0.3 is 5.11 Å². The Bertz CT molecular complexity index is 735. The van der Waals surface area contributed by atoms with Crippen molar-refractivity contribution in [2.24, 2.45) is 5.10 Å². The molecule has 2 N–H and O–H groups in total. The molecular formula is C20H20N2O2. The van der Waals surface area contributed by atoms with E-state index in [0.29, 0.717) is 11.3 Å². The lowest BCUT2D eigenvalue weighted by Crippen LogP contribution is -2.25. The van der Waals surface area contributed by atoms with Gasteiger partial charge in [-0.25, -0.2) is 5.43 Å². The molecule has 0 bridgehead atoms. The minimum Gasteiger partial charge on any atom is -0.378 e. The molecule has 1 atom stereocenters. The molecule has 1 unspecified atom stereocenters. The zero-order valence-corrected chi connectivity index (χ0v) is 13.5. The van der Waals surface area contributed by atoms with Crippen LogP contribution in [0.2, 0.25) is 0 Å². The molecule has 0 saturated heterocycles. The Labute approximate surface area is 141 Å². The summed E-state index contributed by atoms with van der Waals surface area (Å²) in [5.74, 6) is -0.561. The molecule has 1 amide bonds. The Morgan fingerprint density at radius 2 is 1.67 bits per heavy atom. The van der Waals surface area contributed by atoms with Crippen molar-refractivity contribution in [2.75, 3.05) is 0 Å². The highest BCUT2D eigenvalue weighted by molar-refractivity contribution is 5.94. The Morgan fingerprint density at radius 3 is 2.33 bits per heavy atom. The third-order valence-electron chi connectivity index (χ3n) is 3.24. The van der Waals surface area contributed by atoms with Gasteiger partial charge in [0.2, 0.25) is 0 Å². The summed E-state index contributed by atoms with van der Waals surface area (Å²) < 4.78 is 0. The maximum absolute atomic E-state index is 11.9. The van der Waals surface area contributed by atoms with Crippen LogP contribution in [0.3, 0.4) is 0 Å². The van der Waals surface area contributed by atoms with Gasteiger partial charge >= 0.3 is 0 Å². The first-order chi connectivity index (χ1) is 11.7. The zero-order chi connectivity index (χ0) is 17.2. The van der Waals surface area contributed by atoms with E-state index in [1.807, 2.05) is 54.6 Å². The first-order valence-electron chi connectivity index (χ1n) is 7.64. The summed E-state index contributed by atoms with van der Waals surface area (Å²) in [6.07, 6.45) is 6.25. The van der Waals surface area contributed by atoms with Crippen molar-refractivity contribution in [1.82, 2.24) is 5.43 Å². The van der Waals surface area contributed by atoms with Crippen LogP contribution < -0.4 is 5.43 Å². The van der Waals surface area contributed by atoms with Crippen molar-refractivity contribution in [3.05, 3.63) is 90.0 Å². The number of nitrogens with one attached hydrogen (secondary N) is 1. The maximum Gasteiger partial charge on any atom is 0.273 e. The summed E-state index contributed by atoms with van der Waals surface area (Å²) >= 11 is 0. The van der Waals surface area contributed by atoms with E-state index in [0.717, 1.165) is 5.56 Å². The highest BCUT2D eigenvalue weighted by atomic mass is 16.3. The van der Waals surface area contributed by atoms with E-state index in [1.54, 1.807) is 37.3 Å². The van der Waals surface area contributed by atoms with Crippen LogP contribution in [0.4, 0.5) is 0 Å². The van der Waals surface area contributed by atoms with Gasteiger partial charge in [0, 0.05) is 0 Å². The smallest absolute Gasteiger partial charge is 0.273 e. The highest BCUT2D eigenvalue weighted by Crippen LogP contribution is 2.11. The van der Waals surface area contributed by atoms with Crippen molar-refractivity contribution in [3.8, 4) is 0 Å². The van der Waals surface area contributed by atoms with Gasteiger partial charge in [-0.1, -0.05) is 78.9 Å². The maximum atomic E-state index is 11.9. The van der Waals surface area contributed by atoms with Gasteiger partial charge in [-0.15, -0.1) is 0 Å². The van der Waals surface area contributed by atoms with E-state index in [4.69, 9.17) is 0 Å². The fraction of sp³-hybridized carbons (Fsp3) is 0.100. The molecule has 24 heavy (non-hydrogen) atoms. The average Bonchev–Trinajstić information content (AvgIpc) is 2.64. The second-order valence-corrected chi connectivity index (χ2v) is 5.17. The molecule has 0 aliphatic heterocycles. The number of aliphatic hydroxyl groups is 1. The topological polar surface area (TPSA) is 61.7 Å². The number of nitrogens with zero attached hydrogens (tertiary/aromatic N) is 1. The van der Waals surface area contributed by atoms with E-state index in [1.165, 1.54) is 0 Å². The third kappa shape index (κ3) is 5.66. The van der Waals surface area contributed by atoms with Gasteiger partial charge in [0.25, 0.3) is 5.91 Å². The zero-order valence-electron chi connectivity index (χ0n) is 13.5. The van der Waals surface area contributed by atoms with Crippen molar-refractivity contribution < 1.29 is 9.90 Å². The molecular weight excluding hydrogens is 300 g/mol. The van der Waals surface area contributed by atoms with Crippen LogP contribution in [0.1, 0.15) is 24.2 Å². The largest absolute Gasteiger partial charge is 0.378 e. The van der Waals surface area contributed by atoms with Gasteiger partial charge in [-0.3, -0.25) is 4.79 Å². The van der Waals surface area contributed by atoms with E-state index in [9.17, 15) is 9.90 Å². The lowest BCUT2D eigenvalue weighted by molar-refractivity contribution is -0.129. The molecule has 0 saturated carbocycles. The average molecular weight is 320 g/mol. The number of benzene rings is 2. The summed E-state index contributed by atoms with van der Waals surface area (Å²) in [7, 11) is 0. The van der Waals surface area contributed by atoms with Crippen LogP contribution in [-0.2, 0) is 4.79 Å². The van der Waals surface area contributed by atoms with Crippen LogP contribution in [0.5, 0.6) is 0 Å². The molecule has 0 spiro atoms. The quantitative estimate of drug-likeness (QED) is 0.486. The predicted octanol–water partition coefficient (Wildman–Crippen LogP) is 3.48. The lowest BCUT2D eigenvalue weighted by atomic mass is 10.1. The van der Waals surface area contributed by atoms with Crippen LogP contribution in [0, 0.1) is 0 Å². The molecule has 0 aliphatic rings. The molecule has 0 heterocycles. The Morgan fingerprint density at radius 1 is 1.04 bits per heavy atom. The molecule has 0 aromatic heterocycles. The number of carbonyl (C=O) groups excluding carboxylic acids is 1.